The van der Waals surface area contributed by atoms with Crippen molar-refractivity contribution in [2.75, 3.05) is 0 Å². The Morgan fingerprint density at radius 1 is 1.50 bits per heavy atom. The van der Waals surface area contributed by atoms with Gasteiger partial charge in [0.05, 0.1) is 12.7 Å². The van der Waals surface area contributed by atoms with Crippen LogP contribution in [-0.2, 0) is 6.54 Å². The van der Waals surface area contributed by atoms with Gasteiger partial charge in [-0.25, -0.2) is 0 Å². The number of nitrogens with zero attached hydrogens (tertiary/aromatic N) is 3. The summed E-state index contributed by atoms with van der Waals surface area (Å²) in [6, 6.07) is 0.187. The maximum Gasteiger partial charge on any atom is 0.0692 e. The van der Waals surface area contributed by atoms with Crippen molar-refractivity contribution in [2.45, 2.75) is 32.9 Å². The fourth-order valence-electron chi connectivity index (χ4n) is 1.25. The molecule has 4 heteroatoms. The lowest BCUT2D eigenvalue weighted by molar-refractivity contribution is 0.423. The van der Waals surface area contributed by atoms with Crippen molar-refractivity contribution in [1.29, 1.82) is 0 Å². The average Bonchev–Trinajstić information content (AvgIpc) is 2.37. The molecule has 0 saturated heterocycles. The lowest BCUT2D eigenvalue weighted by Gasteiger charge is -2.12. The number of hydrogen-bond acceptors (Lipinski definition) is 3. The Hall–Kier alpha value is -0.900. The molecule has 0 aliphatic heterocycles. The summed E-state index contributed by atoms with van der Waals surface area (Å²) in [7, 11) is 0. The normalized spacial score (nSPS) is 13.7. The second-order valence-electron chi connectivity index (χ2n) is 3.51. The highest BCUT2D eigenvalue weighted by atomic mass is 15.4. The molecule has 0 aliphatic rings. The molecule has 4 nitrogen and oxygen atoms in total. The molecule has 0 aliphatic carbocycles. The third-order valence-corrected chi connectivity index (χ3v) is 1.67. The predicted molar refractivity (Wildman–Crippen MR) is 47.5 cm³/mol. The molecule has 0 saturated carbocycles. The van der Waals surface area contributed by atoms with Gasteiger partial charge in [-0.15, -0.1) is 5.10 Å². The van der Waals surface area contributed by atoms with Crippen molar-refractivity contribution in [3.8, 4) is 0 Å². The molecule has 1 heterocycles. The quantitative estimate of drug-likeness (QED) is 0.718. The molecule has 0 aromatic carbocycles. The highest BCUT2D eigenvalue weighted by Crippen LogP contribution is 2.03. The summed E-state index contributed by atoms with van der Waals surface area (Å²) in [6.07, 6.45) is 4.53. The highest BCUT2D eigenvalue weighted by Gasteiger charge is 2.05. The molecule has 1 aromatic rings. The van der Waals surface area contributed by atoms with E-state index in [9.17, 15) is 0 Å². The molecule has 1 rings (SSSR count). The van der Waals surface area contributed by atoms with Crippen LogP contribution in [0.2, 0.25) is 0 Å². The van der Waals surface area contributed by atoms with E-state index < -0.39 is 0 Å². The van der Waals surface area contributed by atoms with Crippen LogP contribution in [0.3, 0.4) is 0 Å². The van der Waals surface area contributed by atoms with Crippen LogP contribution in [0.5, 0.6) is 0 Å². The Morgan fingerprint density at radius 2 is 2.25 bits per heavy atom. The third kappa shape index (κ3) is 3.00. The summed E-state index contributed by atoms with van der Waals surface area (Å²) >= 11 is 0. The summed E-state index contributed by atoms with van der Waals surface area (Å²) < 4.78 is 1.77. The van der Waals surface area contributed by atoms with Crippen LogP contribution in [0, 0.1) is 5.92 Å². The van der Waals surface area contributed by atoms with Crippen molar-refractivity contribution >= 4 is 0 Å². The van der Waals surface area contributed by atoms with Gasteiger partial charge in [-0.3, -0.25) is 4.68 Å². The number of rotatable bonds is 4. The first-order chi connectivity index (χ1) is 5.68. The summed E-state index contributed by atoms with van der Waals surface area (Å²) in [5, 5.41) is 7.56. The first-order valence-corrected chi connectivity index (χ1v) is 4.28. The molecule has 68 valence electrons. The zero-order valence-electron chi connectivity index (χ0n) is 7.64. The van der Waals surface area contributed by atoms with Gasteiger partial charge in [-0.05, 0) is 12.3 Å². The monoisotopic (exact) mass is 168 g/mol. The summed E-state index contributed by atoms with van der Waals surface area (Å²) in [4.78, 5) is 0. The van der Waals surface area contributed by atoms with E-state index >= 15 is 0 Å². The van der Waals surface area contributed by atoms with Gasteiger partial charge < -0.3 is 5.73 Å². The molecule has 1 aromatic heterocycles. The minimum atomic E-state index is 0.187. The van der Waals surface area contributed by atoms with Gasteiger partial charge in [0.25, 0.3) is 0 Å². The molecular formula is C8H16N4. The van der Waals surface area contributed by atoms with E-state index in [1.54, 1.807) is 10.9 Å². The van der Waals surface area contributed by atoms with Gasteiger partial charge in [-0.1, -0.05) is 19.1 Å². The van der Waals surface area contributed by atoms with Gasteiger partial charge in [0.2, 0.25) is 0 Å². The molecule has 12 heavy (non-hydrogen) atoms. The van der Waals surface area contributed by atoms with Gasteiger partial charge in [0, 0.05) is 12.2 Å². The second-order valence-corrected chi connectivity index (χ2v) is 3.51. The van der Waals surface area contributed by atoms with Crippen LogP contribution in [0.1, 0.15) is 20.3 Å². The Balaban J connectivity index is 2.32. The molecule has 0 fully saturated rings. The molecule has 0 unspecified atom stereocenters. The van der Waals surface area contributed by atoms with E-state index in [2.05, 4.69) is 24.2 Å². The largest absolute Gasteiger partial charge is 0.326 e. The SMILES string of the molecule is CC(C)C[C@H](N)Cn1ccnn1. The zero-order chi connectivity index (χ0) is 8.97. The van der Waals surface area contributed by atoms with Crippen LogP contribution in [0.15, 0.2) is 12.4 Å². The average molecular weight is 168 g/mol. The predicted octanol–water partition coefficient (Wildman–Crippen LogP) is 0.652. The minimum absolute atomic E-state index is 0.187. The van der Waals surface area contributed by atoms with Crippen LogP contribution in [0.25, 0.3) is 0 Å². The standard InChI is InChI=1S/C8H16N4/c1-7(2)5-8(9)6-12-4-3-10-11-12/h3-4,7-8H,5-6,9H2,1-2H3/t8-/m0/s1. The number of aromatic nitrogens is 3. The Bertz CT molecular complexity index is 205. The summed E-state index contributed by atoms with van der Waals surface area (Å²) in [5.74, 6) is 0.642. The third-order valence-electron chi connectivity index (χ3n) is 1.67. The van der Waals surface area contributed by atoms with Crippen molar-refractivity contribution < 1.29 is 0 Å². The number of nitrogens with two attached hydrogens (primary N) is 1. The molecule has 0 amide bonds. The van der Waals surface area contributed by atoms with E-state index in [0.29, 0.717) is 5.92 Å². The van der Waals surface area contributed by atoms with Gasteiger partial charge in [0.1, 0.15) is 0 Å². The Labute approximate surface area is 72.8 Å². The minimum Gasteiger partial charge on any atom is -0.326 e. The first kappa shape index (κ1) is 9.19. The maximum atomic E-state index is 5.88. The van der Waals surface area contributed by atoms with Crippen LogP contribution in [-0.4, -0.2) is 21.0 Å². The first-order valence-electron chi connectivity index (χ1n) is 4.28. The van der Waals surface area contributed by atoms with E-state index in [4.69, 9.17) is 5.73 Å². The van der Waals surface area contributed by atoms with Gasteiger partial charge in [0.15, 0.2) is 0 Å². The maximum absolute atomic E-state index is 5.88. The van der Waals surface area contributed by atoms with Gasteiger partial charge in [-0.2, -0.15) is 0 Å². The topological polar surface area (TPSA) is 56.7 Å². The second kappa shape index (κ2) is 4.21. The Morgan fingerprint density at radius 3 is 2.75 bits per heavy atom. The molecule has 0 radical (unpaired) electrons. The Kier molecular flexibility index (Phi) is 3.22. The van der Waals surface area contributed by atoms with Crippen molar-refractivity contribution in [2.24, 2.45) is 11.7 Å². The molecule has 2 N–H and O–H groups in total. The van der Waals surface area contributed by atoms with Crippen molar-refractivity contribution in [1.82, 2.24) is 15.0 Å². The van der Waals surface area contributed by atoms with Crippen molar-refractivity contribution in [3.63, 3.8) is 0 Å². The van der Waals surface area contributed by atoms with E-state index in [-0.39, 0.29) is 6.04 Å². The number of hydrogen-bond donors (Lipinski definition) is 1. The lowest BCUT2D eigenvalue weighted by Crippen LogP contribution is -2.28. The summed E-state index contributed by atoms with van der Waals surface area (Å²) in [6.45, 7) is 5.10. The zero-order valence-corrected chi connectivity index (χ0v) is 7.64. The van der Waals surface area contributed by atoms with E-state index in [1.807, 2.05) is 6.20 Å². The smallest absolute Gasteiger partial charge is 0.0692 e. The van der Waals surface area contributed by atoms with Crippen LogP contribution >= 0.6 is 0 Å². The molecule has 0 spiro atoms. The van der Waals surface area contributed by atoms with Crippen LogP contribution < -0.4 is 5.73 Å². The lowest BCUT2D eigenvalue weighted by atomic mass is 10.1. The molecule has 0 bridgehead atoms. The highest BCUT2D eigenvalue weighted by molar-refractivity contribution is 4.69. The van der Waals surface area contributed by atoms with Gasteiger partial charge >= 0.3 is 0 Å². The molecule has 1 atom stereocenters. The van der Waals surface area contributed by atoms with E-state index in [1.165, 1.54) is 0 Å². The summed E-state index contributed by atoms with van der Waals surface area (Å²) in [5.41, 5.74) is 5.88. The fraction of sp³-hybridized carbons (Fsp3) is 0.750. The van der Waals surface area contributed by atoms with Crippen LogP contribution in [0.4, 0.5) is 0 Å². The fourth-order valence-corrected chi connectivity index (χ4v) is 1.25. The van der Waals surface area contributed by atoms with E-state index in [0.717, 1.165) is 13.0 Å². The molecular weight excluding hydrogens is 152 g/mol. The van der Waals surface area contributed by atoms with Crippen molar-refractivity contribution in [3.05, 3.63) is 12.4 Å².